The molecule has 0 saturated carbocycles. The molecule has 4 nitrogen and oxygen atoms in total. The van der Waals surface area contributed by atoms with E-state index in [2.05, 4.69) is 5.32 Å². The SMILES string of the molecule is Cc1ccccc1NC(=O)[C@@H]1CC(=O)N(c2ccc(Cl)cc2)C1. The highest BCUT2D eigenvalue weighted by atomic mass is 35.5. The largest absolute Gasteiger partial charge is 0.326 e. The maximum Gasteiger partial charge on any atom is 0.229 e. The first-order valence-corrected chi connectivity index (χ1v) is 7.85. The van der Waals surface area contributed by atoms with E-state index in [1.54, 1.807) is 29.2 Å². The summed E-state index contributed by atoms with van der Waals surface area (Å²) in [6, 6.07) is 14.7. The molecule has 0 aliphatic carbocycles. The highest BCUT2D eigenvalue weighted by Gasteiger charge is 2.35. The molecule has 2 aromatic rings. The lowest BCUT2D eigenvalue weighted by Crippen LogP contribution is -2.28. The molecule has 3 rings (SSSR count). The Labute approximate surface area is 140 Å². The number of aryl methyl sites for hydroxylation is 1. The summed E-state index contributed by atoms with van der Waals surface area (Å²) in [5, 5.41) is 3.53. The standard InChI is InChI=1S/C18H17ClN2O2/c1-12-4-2-3-5-16(12)20-18(23)13-10-17(22)21(11-13)15-8-6-14(19)7-9-15/h2-9,13H,10-11H2,1H3,(H,20,23)/t13-/m1/s1. The Morgan fingerprint density at radius 3 is 2.57 bits per heavy atom. The van der Waals surface area contributed by atoms with Crippen LogP contribution in [0.25, 0.3) is 0 Å². The molecule has 2 amide bonds. The highest BCUT2D eigenvalue weighted by Crippen LogP contribution is 2.27. The molecule has 0 unspecified atom stereocenters. The van der Waals surface area contributed by atoms with Crippen LogP contribution in [0.5, 0.6) is 0 Å². The number of hydrogen-bond acceptors (Lipinski definition) is 2. The van der Waals surface area contributed by atoms with Crippen molar-refractivity contribution in [1.29, 1.82) is 0 Å². The summed E-state index contributed by atoms with van der Waals surface area (Å²) in [5.74, 6) is -0.515. The fourth-order valence-corrected chi connectivity index (χ4v) is 2.83. The first kappa shape index (κ1) is 15.6. The van der Waals surface area contributed by atoms with E-state index >= 15 is 0 Å². The van der Waals surface area contributed by atoms with Crippen LogP contribution in [0, 0.1) is 12.8 Å². The van der Waals surface area contributed by atoms with Gasteiger partial charge in [-0.05, 0) is 42.8 Å². The van der Waals surface area contributed by atoms with Crippen molar-refractivity contribution < 1.29 is 9.59 Å². The third-order valence-corrected chi connectivity index (χ3v) is 4.29. The summed E-state index contributed by atoms with van der Waals surface area (Å²) in [4.78, 5) is 26.3. The first-order valence-electron chi connectivity index (χ1n) is 7.47. The van der Waals surface area contributed by atoms with Gasteiger partial charge in [0.05, 0.1) is 5.92 Å². The third-order valence-electron chi connectivity index (χ3n) is 4.04. The van der Waals surface area contributed by atoms with Crippen molar-refractivity contribution in [2.45, 2.75) is 13.3 Å². The molecule has 5 heteroatoms. The zero-order valence-corrected chi connectivity index (χ0v) is 13.5. The van der Waals surface area contributed by atoms with Gasteiger partial charge < -0.3 is 10.2 Å². The quantitative estimate of drug-likeness (QED) is 0.935. The number of nitrogens with one attached hydrogen (secondary N) is 1. The van der Waals surface area contributed by atoms with Crippen molar-refractivity contribution in [3.63, 3.8) is 0 Å². The molecule has 1 N–H and O–H groups in total. The summed E-state index contributed by atoms with van der Waals surface area (Å²) in [6.07, 6.45) is 0.223. The van der Waals surface area contributed by atoms with Gasteiger partial charge in [0.15, 0.2) is 0 Å². The maximum absolute atomic E-state index is 12.4. The van der Waals surface area contributed by atoms with E-state index in [0.29, 0.717) is 11.6 Å². The minimum absolute atomic E-state index is 0.0442. The number of para-hydroxylation sites is 1. The lowest BCUT2D eigenvalue weighted by Gasteiger charge is -2.17. The van der Waals surface area contributed by atoms with Gasteiger partial charge in [-0.15, -0.1) is 0 Å². The fourth-order valence-electron chi connectivity index (χ4n) is 2.70. The summed E-state index contributed by atoms with van der Waals surface area (Å²) in [6.45, 7) is 2.33. The molecule has 1 atom stereocenters. The predicted molar refractivity (Wildman–Crippen MR) is 91.7 cm³/mol. The lowest BCUT2D eigenvalue weighted by molar-refractivity contribution is -0.122. The second kappa shape index (κ2) is 6.42. The van der Waals surface area contributed by atoms with Crippen molar-refractivity contribution in [2.24, 2.45) is 5.92 Å². The molecular formula is C18H17ClN2O2. The molecule has 1 saturated heterocycles. The molecule has 1 aliphatic heterocycles. The molecule has 1 aliphatic rings. The van der Waals surface area contributed by atoms with Crippen molar-refractivity contribution >= 4 is 34.8 Å². The minimum atomic E-state index is -0.349. The smallest absolute Gasteiger partial charge is 0.229 e. The van der Waals surface area contributed by atoms with E-state index in [4.69, 9.17) is 11.6 Å². The summed E-state index contributed by atoms with van der Waals surface area (Å²) in [7, 11) is 0. The zero-order valence-electron chi connectivity index (χ0n) is 12.8. The molecule has 0 radical (unpaired) electrons. The number of hydrogen-bond donors (Lipinski definition) is 1. The predicted octanol–water partition coefficient (Wildman–Crippen LogP) is 3.64. The number of carbonyl (C=O) groups excluding carboxylic acids is 2. The van der Waals surface area contributed by atoms with Crippen LogP contribution in [0.1, 0.15) is 12.0 Å². The average Bonchev–Trinajstić information content (AvgIpc) is 2.92. The number of anilines is 2. The summed E-state index contributed by atoms with van der Waals surface area (Å²) >= 11 is 5.87. The number of halogens is 1. The van der Waals surface area contributed by atoms with Crippen LogP contribution in [-0.4, -0.2) is 18.4 Å². The van der Waals surface area contributed by atoms with Gasteiger partial charge in [0, 0.05) is 29.4 Å². The molecule has 1 fully saturated rings. The van der Waals surface area contributed by atoms with Crippen molar-refractivity contribution in [2.75, 3.05) is 16.8 Å². The Hall–Kier alpha value is -2.33. The molecule has 1 heterocycles. The van der Waals surface area contributed by atoms with Crippen LogP contribution < -0.4 is 10.2 Å². The van der Waals surface area contributed by atoms with E-state index < -0.39 is 0 Å². The van der Waals surface area contributed by atoms with Crippen LogP contribution in [0.15, 0.2) is 48.5 Å². The van der Waals surface area contributed by atoms with Crippen molar-refractivity contribution in [1.82, 2.24) is 0 Å². The molecule has 2 aromatic carbocycles. The number of amides is 2. The van der Waals surface area contributed by atoms with Gasteiger partial charge in [0.25, 0.3) is 0 Å². The number of nitrogens with zero attached hydrogens (tertiary/aromatic N) is 1. The van der Waals surface area contributed by atoms with E-state index in [-0.39, 0.29) is 24.2 Å². The second-order valence-electron chi connectivity index (χ2n) is 5.69. The van der Waals surface area contributed by atoms with Gasteiger partial charge in [-0.3, -0.25) is 9.59 Å². The van der Waals surface area contributed by atoms with Crippen LogP contribution in [0.2, 0.25) is 5.02 Å². The number of carbonyl (C=O) groups is 2. The monoisotopic (exact) mass is 328 g/mol. The summed E-state index contributed by atoms with van der Waals surface area (Å²) < 4.78 is 0. The highest BCUT2D eigenvalue weighted by molar-refractivity contribution is 6.30. The Kier molecular flexibility index (Phi) is 4.35. The molecule has 23 heavy (non-hydrogen) atoms. The van der Waals surface area contributed by atoms with Crippen LogP contribution in [-0.2, 0) is 9.59 Å². The molecule has 118 valence electrons. The van der Waals surface area contributed by atoms with Crippen LogP contribution in [0.3, 0.4) is 0 Å². The minimum Gasteiger partial charge on any atom is -0.326 e. The van der Waals surface area contributed by atoms with Gasteiger partial charge in [-0.1, -0.05) is 29.8 Å². The maximum atomic E-state index is 12.4. The van der Waals surface area contributed by atoms with E-state index in [0.717, 1.165) is 16.9 Å². The van der Waals surface area contributed by atoms with Gasteiger partial charge in [0.2, 0.25) is 11.8 Å². The van der Waals surface area contributed by atoms with Crippen LogP contribution in [0.4, 0.5) is 11.4 Å². The van der Waals surface area contributed by atoms with Gasteiger partial charge >= 0.3 is 0 Å². The Balaban J connectivity index is 1.71. The Bertz CT molecular complexity index is 743. The normalized spacial score (nSPS) is 17.4. The molecule has 0 bridgehead atoms. The molecule has 0 aromatic heterocycles. The first-order chi connectivity index (χ1) is 11.0. The van der Waals surface area contributed by atoms with Gasteiger partial charge in [0.1, 0.15) is 0 Å². The summed E-state index contributed by atoms with van der Waals surface area (Å²) in [5.41, 5.74) is 2.56. The van der Waals surface area contributed by atoms with E-state index in [1.165, 1.54) is 0 Å². The lowest BCUT2D eigenvalue weighted by atomic mass is 10.1. The number of benzene rings is 2. The molecule has 0 spiro atoms. The molecular weight excluding hydrogens is 312 g/mol. The second-order valence-corrected chi connectivity index (χ2v) is 6.12. The third kappa shape index (κ3) is 3.37. The zero-order chi connectivity index (χ0) is 16.4. The van der Waals surface area contributed by atoms with Gasteiger partial charge in [-0.2, -0.15) is 0 Å². The fraction of sp³-hybridized carbons (Fsp3) is 0.222. The van der Waals surface area contributed by atoms with E-state index in [9.17, 15) is 9.59 Å². The van der Waals surface area contributed by atoms with Crippen molar-refractivity contribution in [3.05, 3.63) is 59.1 Å². The van der Waals surface area contributed by atoms with Crippen molar-refractivity contribution in [3.8, 4) is 0 Å². The Morgan fingerprint density at radius 2 is 1.87 bits per heavy atom. The Morgan fingerprint density at radius 1 is 1.17 bits per heavy atom. The topological polar surface area (TPSA) is 49.4 Å². The number of rotatable bonds is 3. The average molecular weight is 329 g/mol. The van der Waals surface area contributed by atoms with E-state index in [1.807, 2.05) is 31.2 Å². The van der Waals surface area contributed by atoms with Gasteiger partial charge in [-0.25, -0.2) is 0 Å². The van der Waals surface area contributed by atoms with Crippen LogP contribution >= 0.6 is 11.6 Å².